The van der Waals surface area contributed by atoms with Crippen molar-refractivity contribution in [3.05, 3.63) is 23.8 Å². The molecule has 0 radical (unpaired) electrons. The van der Waals surface area contributed by atoms with Crippen molar-refractivity contribution < 1.29 is 10.0 Å². The van der Waals surface area contributed by atoms with Gasteiger partial charge in [0.25, 0.3) is 0 Å². The zero-order valence-electron chi connectivity index (χ0n) is 9.66. The number of fused-ring (bicyclic) bond motifs is 1. The van der Waals surface area contributed by atoms with E-state index in [1.165, 1.54) is 0 Å². The standard InChI is InChI=1S/C11H11N5O2/c1-6-4-10(17)13-14-11(6)7-2-3-8-9(5-7)16(18)15-12-8/h2-3,5-6,18H,4H2,1H3,(H,13,17)/t6-/m0/s1. The van der Waals surface area contributed by atoms with Crippen LogP contribution in [-0.4, -0.2) is 32.0 Å². The van der Waals surface area contributed by atoms with Crippen LogP contribution in [0, 0.1) is 5.92 Å². The van der Waals surface area contributed by atoms with Crippen molar-refractivity contribution >= 4 is 22.7 Å². The molecular formula is C11H11N5O2. The fraction of sp³-hybridized carbons (Fsp3) is 0.273. The average molecular weight is 245 g/mol. The van der Waals surface area contributed by atoms with E-state index in [4.69, 9.17) is 0 Å². The van der Waals surface area contributed by atoms with Gasteiger partial charge in [0, 0.05) is 17.9 Å². The quantitative estimate of drug-likeness (QED) is 0.717. The van der Waals surface area contributed by atoms with Gasteiger partial charge in [-0.1, -0.05) is 17.8 Å². The molecule has 2 aromatic rings. The number of hydrogen-bond donors (Lipinski definition) is 2. The second-order valence-electron chi connectivity index (χ2n) is 4.32. The predicted octanol–water partition coefficient (Wildman–Crippen LogP) is 0.529. The number of nitrogens with zero attached hydrogens (tertiary/aromatic N) is 4. The molecule has 7 heteroatoms. The molecule has 1 aliphatic rings. The summed E-state index contributed by atoms with van der Waals surface area (Å²) in [5.41, 5.74) is 5.21. The summed E-state index contributed by atoms with van der Waals surface area (Å²) < 4.78 is 0. The number of nitrogens with one attached hydrogen (secondary N) is 1. The smallest absolute Gasteiger partial charge is 0.240 e. The lowest BCUT2D eigenvalue weighted by Crippen LogP contribution is -2.31. The van der Waals surface area contributed by atoms with E-state index in [0.717, 1.165) is 16.1 Å². The van der Waals surface area contributed by atoms with E-state index in [2.05, 4.69) is 20.8 Å². The van der Waals surface area contributed by atoms with Crippen LogP contribution in [0.2, 0.25) is 0 Å². The maximum absolute atomic E-state index is 11.2. The van der Waals surface area contributed by atoms with Crippen molar-refractivity contribution in [1.29, 1.82) is 0 Å². The molecule has 2 N–H and O–H groups in total. The summed E-state index contributed by atoms with van der Waals surface area (Å²) in [7, 11) is 0. The van der Waals surface area contributed by atoms with Gasteiger partial charge in [-0.05, 0) is 17.3 Å². The van der Waals surface area contributed by atoms with Gasteiger partial charge in [-0.15, -0.1) is 5.10 Å². The van der Waals surface area contributed by atoms with Gasteiger partial charge in [0.2, 0.25) is 5.91 Å². The zero-order valence-corrected chi connectivity index (χ0v) is 9.66. The zero-order chi connectivity index (χ0) is 12.7. The molecule has 0 saturated heterocycles. The van der Waals surface area contributed by atoms with Crippen molar-refractivity contribution in [3.63, 3.8) is 0 Å². The van der Waals surface area contributed by atoms with E-state index in [-0.39, 0.29) is 11.8 Å². The molecule has 0 bridgehead atoms. The normalized spacial score (nSPS) is 19.7. The highest BCUT2D eigenvalue weighted by molar-refractivity contribution is 6.07. The second kappa shape index (κ2) is 3.80. The summed E-state index contributed by atoms with van der Waals surface area (Å²) in [4.78, 5) is 11.9. The fourth-order valence-corrected chi connectivity index (χ4v) is 2.07. The summed E-state index contributed by atoms with van der Waals surface area (Å²) in [6.45, 7) is 1.94. The molecule has 1 atom stereocenters. The van der Waals surface area contributed by atoms with Crippen molar-refractivity contribution in [2.24, 2.45) is 11.0 Å². The third-order valence-electron chi connectivity index (χ3n) is 2.98. The summed E-state index contributed by atoms with van der Waals surface area (Å²) in [6, 6.07) is 5.36. The highest BCUT2D eigenvalue weighted by Gasteiger charge is 2.22. The van der Waals surface area contributed by atoms with Gasteiger partial charge in [-0.25, -0.2) is 5.43 Å². The second-order valence-corrected chi connectivity index (χ2v) is 4.32. The van der Waals surface area contributed by atoms with E-state index in [1.54, 1.807) is 12.1 Å². The Bertz CT molecular complexity index is 660. The van der Waals surface area contributed by atoms with Crippen LogP contribution in [0.25, 0.3) is 11.0 Å². The lowest BCUT2D eigenvalue weighted by molar-refractivity contribution is -0.121. The highest BCUT2D eigenvalue weighted by atomic mass is 16.5. The molecule has 0 unspecified atom stereocenters. The third-order valence-corrected chi connectivity index (χ3v) is 2.98. The molecule has 7 nitrogen and oxygen atoms in total. The molecule has 0 spiro atoms. The van der Waals surface area contributed by atoms with Crippen LogP contribution in [0.4, 0.5) is 0 Å². The molecule has 1 aliphatic heterocycles. The number of hydrogen-bond acceptors (Lipinski definition) is 5. The molecule has 1 amide bonds. The Kier molecular flexibility index (Phi) is 2.26. The first kappa shape index (κ1) is 10.7. The number of rotatable bonds is 1. The van der Waals surface area contributed by atoms with Gasteiger partial charge in [0.15, 0.2) is 0 Å². The van der Waals surface area contributed by atoms with Gasteiger partial charge in [-0.3, -0.25) is 4.79 Å². The topological polar surface area (TPSA) is 92.4 Å². The van der Waals surface area contributed by atoms with E-state index < -0.39 is 0 Å². The summed E-state index contributed by atoms with van der Waals surface area (Å²) >= 11 is 0. The number of hydrazone groups is 1. The van der Waals surface area contributed by atoms with Crippen LogP contribution in [0.5, 0.6) is 0 Å². The first-order chi connectivity index (χ1) is 8.65. The SMILES string of the molecule is C[C@H]1CC(=O)NN=C1c1ccc2nnn(O)c2c1. The van der Waals surface area contributed by atoms with Crippen LogP contribution in [0.1, 0.15) is 18.9 Å². The minimum atomic E-state index is -0.0822. The Hall–Kier alpha value is -2.44. The molecule has 3 rings (SSSR count). The molecule has 0 saturated carbocycles. The average Bonchev–Trinajstić information content (AvgIpc) is 2.71. The first-order valence-corrected chi connectivity index (χ1v) is 5.56. The van der Waals surface area contributed by atoms with E-state index in [0.29, 0.717) is 17.5 Å². The number of aromatic nitrogens is 3. The van der Waals surface area contributed by atoms with E-state index >= 15 is 0 Å². The van der Waals surface area contributed by atoms with Gasteiger partial charge < -0.3 is 5.21 Å². The Morgan fingerprint density at radius 2 is 2.33 bits per heavy atom. The largest absolute Gasteiger partial charge is 0.410 e. The van der Waals surface area contributed by atoms with Crippen LogP contribution in [-0.2, 0) is 4.79 Å². The molecule has 0 aliphatic carbocycles. The first-order valence-electron chi connectivity index (χ1n) is 5.56. The maximum atomic E-state index is 11.2. The highest BCUT2D eigenvalue weighted by Crippen LogP contribution is 2.19. The maximum Gasteiger partial charge on any atom is 0.240 e. The lowest BCUT2D eigenvalue weighted by atomic mass is 9.94. The minimum absolute atomic E-state index is 0.0409. The summed E-state index contributed by atoms with van der Waals surface area (Å²) in [5, 5.41) is 20.9. The van der Waals surface area contributed by atoms with Crippen LogP contribution < -0.4 is 5.43 Å². The fourth-order valence-electron chi connectivity index (χ4n) is 2.07. The number of carbonyl (C=O) groups is 1. The number of carbonyl (C=O) groups excluding carboxylic acids is 1. The van der Waals surface area contributed by atoms with Gasteiger partial charge in [0.05, 0.1) is 5.71 Å². The summed E-state index contributed by atoms with van der Waals surface area (Å²) in [6.07, 6.45) is 0.410. The van der Waals surface area contributed by atoms with Crippen molar-refractivity contribution in [1.82, 2.24) is 20.6 Å². The van der Waals surface area contributed by atoms with Crippen molar-refractivity contribution in [2.45, 2.75) is 13.3 Å². The van der Waals surface area contributed by atoms with Gasteiger partial charge in [0.1, 0.15) is 11.0 Å². The lowest BCUT2D eigenvalue weighted by Gasteiger charge is -2.18. The van der Waals surface area contributed by atoms with E-state index in [1.807, 2.05) is 13.0 Å². The van der Waals surface area contributed by atoms with E-state index in [9.17, 15) is 10.0 Å². The van der Waals surface area contributed by atoms with Crippen LogP contribution in [0.3, 0.4) is 0 Å². The Balaban J connectivity index is 2.09. The molecule has 1 aromatic heterocycles. The Morgan fingerprint density at radius 3 is 3.11 bits per heavy atom. The van der Waals surface area contributed by atoms with Gasteiger partial charge in [-0.2, -0.15) is 5.10 Å². The Morgan fingerprint density at radius 1 is 1.50 bits per heavy atom. The number of benzene rings is 1. The summed E-state index contributed by atoms with van der Waals surface area (Å²) in [5.74, 6) is -0.0413. The molecule has 2 heterocycles. The van der Waals surface area contributed by atoms with Crippen molar-refractivity contribution in [3.8, 4) is 0 Å². The van der Waals surface area contributed by atoms with Crippen molar-refractivity contribution in [2.75, 3.05) is 0 Å². The molecule has 92 valence electrons. The Labute approximate surface area is 102 Å². The minimum Gasteiger partial charge on any atom is -0.410 e. The molecule has 1 aromatic carbocycles. The molecular weight excluding hydrogens is 234 g/mol. The number of amides is 1. The van der Waals surface area contributed by atoms with Crippen LogP contribution in [0.15, 0.2) is 23.3 Å². The molecule has 0 fully saturated rings. The van der Waals surface area contributed by atoms with Crippen LogP contribution >= 0.6 is 0 Å². The monoisotopic (exact) mass is 245 g/mol. The predicted molar refractivity (Wildman–Crippen MR) is 63.2 cm³/mol. The van der Waals surface area contributed by atoms with Gasteiger partial charge >= 0.3 is 0 Å². The third kappa shape index (κ3) is 1.60. The molecule has 18 heavy (non-hydrogen) atoms.